The zero-order valence-electron chi connectivity index (χ0n) is 10.7. The third-order valence-electron chi connectivity index (χ3n) is 2.89. The van der Waals surface area contributed by atoms with Crippen molar-refractivity contribution in [2.24, 2.45) is 0 Å². The number of ether oxygens (including phenoxy) is 1. The Morgan fingerprint density at radius 3 is 2.52 bits per heavy atom. The molecule has 0 aliphatic heterocycles. The van der Waals surface area contributed by atoms with E-state index < -0.39 is 12.4 Å². The molecular weight excluding hydrogens is 369 g/mol. The van der Waals surface area contributed by atoms with Gasteiger partial charge in [-0.25, -0.2) is 4.39 Å². The minimum atomic E-state index is -2.88. The van der Waals surface area contributed by atoms with Crippen LogP contribution >= 0.6 is 27.5 Å². The molecular formula is C15H11BrClF3O. The van der Waals surface area contributed by atoms with Gasteiger partial charge in [0.15, 0.2) is 0 Å². The highest BCUT2D eigenvalue weighted by Crippen LogP contribution is 2.32. The van der Waals surface area contributed by atoms with Gasteiger partial charge in [0, 0.05) is 15.4 Å². The standard InChI is InChI=1S/C15H11BrClF3O/c16-12(8-11-13(17)5-2-6-14(11)18)9-3-1-4-10(7-9)21-15(19)20/h1-7,12,15H,8H2. The lowest BCUT2D eigenvalue weighted by molar-refractivity contribution is -0.0498. The molecule has 1 unspecified atom stereocenters. The number of halogens is 5. The number of hydrogen-bond acceptors (Lipinski definition) is 1. The summed E-state index contributed by atoms with van der Waals surface area (Å²) in [4.78, 5) is -0.270. The molecule has 0 radical (unpaired) electrons. The van der Waals surface area contributed by atoms with E-state index in [-0.39, 0.29) is 10.6 Å². The average molecular weight is 380 g/mol. The number of benzene rings is 2. The smallest absolute Gasteiger partial charge is 0.387 e. The summed E-state index contributed by atoms with van der Waals surface area (Å²) in [5.41, 5.74) is 1.08. The maximum absolute atomic E-state index is 13.7. The zero-order valence-corrected chi connectivity index (χ0v) is 13.0. The molecule has 0 fully saturated rings. The molecule has 0 heterocycles. The Morgan fingerprint density at radius 1 is 1.14 bits per heavy atom. The minimum Gasteiger partial charge on any atom is -0.435 e. The molecule has 2 aromatic rings. The Balaban J connectivity index is 2.18. The SMILES string of the molecule is Fc1cccc(Cl)c1CC(Br)c1cccc(OC(F)F)c1. The summed E-state index contributed by atoms with van der Waals surface area (Å²) in [6.07, 6.45) is 0.295. The van der Waals surface area contributed by atoms with E-state index in [9.17, 15) is 13.2 Å². The van der Waals surface area contributed by atoms with Crippen molar-refractivity contribution in [3.05, 3.63) is 64.4 Å². The highest BCUT2D eigenvalue weighted by atomic mass is 79.9. The van der Waals surface area contributed by atoms with Crippen molar-refractivity contribution in [3.63, 3.8) is 0 Å². The summed E-state index contributed by atoms with van der Waals surface area (Å²) < 4.78 is 42.5. The Bertz CT molecular complexity index is 601. The first-order valence-corrected chi connectivity index (χ1v) is 7.38. The van der Waals surface area contributed by atoms with Crippen LogP contribution in [0.15, 0.2) is 42.5 Å². The topological polar surface area (TPSA) is 9.23 Å². The molecule has 0 aliphatic rings. The predicted octanol–water partition coefficient (Wildman–Crippen LogP) is 5.76. The van der Waals surface area contributed by atoms with Crippen LogP contribution in [0.2, 0.25) is 5.02 Å². The van der Waals surface area contributed by atoms with Gasteiger partial charge in [-0.05, 0) is 36.2 Å². The maximum atomic E-state index is 13.7. The number of alkyl halides is 3. The zero-order chi connectivity index (χ0) is 15.4. The molecule has 0 bridgehead atoms. The summed E-state index contributed by atoms with van der Waals surface area (Å²) in [6, 6.07) is 10.7. The molecule has 0 saturated heterocycles. The van der Waals surface area contributed by atoms with E-state index in [1.807, 2.05) is 0 Å². The van der Waals surface area contributed by atoms with E-state index in [2.05, 4.69) is 20.7 Å². The van der Waals surface area contributed by atoms with E-state index in [0.717, 1.165) is 0 Å². The van der Waals surface area contributed by atoms with E-state index in [4.69, 9.17) is 11.6 Å². The number of rotatable bonds is 5. The fourth-order valence-electron chi connectivity index (χ4n) is 1.91. The summed E-state index contributed by atoms with van der Waals surface area (Å²) in [7, 11) is 0. The van der Waals surface area contributed by atoms with Gasteiger partial charge >= 0.3 is 6.61 Å². The van der Waals surface area contributed by atoms with Crippen LogP contribution in [0.3, 0.4) is 0 Å². The predicted molar refractivity (Wildman–Crippen MR) is 79.9 cm³/mol. The quantitative estimate of drug-likeness (QED) is 0.600. The molecule has 0 saturated carbocycles. The van der Waals surface area contributed by atoms with Gasteiger partial charge in [0.25, 0.3) is 0 Å². The van der Waals surface area contributed by atoms with Crippen molar-refractivity contribution in [1.29, 1.82) is 0 Å². The van der Waals surface area contributed by atoms with Crippen molar-refractivity contribution < 1.29 is 17.9 Å². The van der Waals surface area contributed by atoms with Crippen molar-refractivity contribution in [2.75, 3.05) is 0 Å². The second-order valence-electron chi connectivity index (χ2n) is 4.32. The number of hydrogen-bond donors (Lipinski definition) is 0. The normalized spacial score (nSPS) is 12.5. The molecule has 2 rings (SSSR count). The van der Waals surface area contributed by atoms with Crippen LogP contribution in [0.4, 0.5) is 13.2 Å². The first kappa shape index (κ1) is 16.2. The summed E-state index contributed by atoms with van der Waals surface area (Å²) in [5, 5.41) is 0.333. The van der Waals surface area contributed by atoms with Gasteiger partial charge < -0.3 is 4.74 Å². The molecule has 0 spiro atoms. The van der Waals surface area contributed by atoms with E-state index in [1.165, 1.54) is 24.3 Å². The fourth-order valence-corrected chi connectivity index (χ4v) is 2.76. The Hall–Kier alpha value is -1.20. The van der Waals surface area contributed by atoms with Gasteiger partial charge in [-0.2, -0.15) is 8.78 Å². The average Bonchev–Trinajstić information content (AvgIpc) is 2.42. The second-order valence-corrected chi connectivity index (χ2v) is 5.84. The molecule has 21 heavy (non-hydrogen) atoms. The summed E-state index contributed by atoms with van der Waals surface area (Å²) in [6.45, 7) is -2.88. The van der Waals surface area contributed by atoms with Crippen molar-refractivity contribution in [3.8, 4) is 5.75 Å². The second kappa shape index (κ2) is 7.18. The summed E-state index contributed by atoms with van der Waals surface area (Å²) in [5.74, 6) is -0.335. The Labute approximate surface area is 133 Å². The van der Waals surface area contributed by atoms with Gasteiger partial charge in [-0.1, -0.05) is 45.7 Å². The molecule has 0 amide bonds. The maximum Gasteiger partial charge on any atom is 0.387 e. The van der Waals surface area contributed by atoms with Crippen LogP contribution in [-0.2, 0) is 6.42 Å². The fraction of sp³-hybridized carbons (Fsp3) is 0.200. The lowest BCUT2D eigenvalue weighted by Crippen LogP contribution is -2.03. The molecule has 0 aromatic heterocycles. The summed E-state index contributed by atoms with van der Waals surface area (Å²) >= 11 is 9.40. The third kappa shape index (κ3) is 4.38. The lowest BCUT2D eigenvalue weighted by atomic mass is 10.0. The van der Waals surface area contributed by atoms with Crippen molar-refractivity contribution in [1.82, 2.24) is 0 Å². The largest absolute Gasteiger partial charge is 0.435 e. The van der Waals surface area contributed by atoms with Gasteiger partial charge in [0.1, 0.15) is 11.6 Å². The van der Waals surface area contributed by atoms with Crippen LogP contribution in [0.1, 0.15) is 16.0 Å². The van der Waals surface area contributed by atoms with Crippen molar-refractivity contribution >= 4 is 27.5 Å². The molecule has 112 valence electrons. The minimum absolute atomic E-state index is 0.0616. The lowest BCUT2D eigenvalue weighted by Gasteiger charge is -2.13. The Kier molecular flexibility index (Phi) is 5.53. The van der Waals surface area contributed by atoms with E-state index >= 15 is 0 Å². The van der Waals surface area contributed by atoms with Gasteiger partial charge in [-0.3, -0.25) is 0 Å². The molecule has 1 nitrogen and oxygen atoms in total. The van der Waals surface area contributed by atoms with Gasteiger partial charge in [-0.15, -0.1) is 0 Å². The highest BCUT2D eigenvalue weighted by molar-refractivity contribution is 9.09. The molecule has 0 aliphatic carbocycles. The Morgan fingerprint density at radius 2 is 1.86 bits per heavy atom. The van der Waals surface area contributed by atoms with Crippen molar-refractivity contribution in [2.45, 2.75) is 17.9 Å². The van der Waals surface area contributed by atoms with Crippen LogP contribution in [-0.4, -0.2) is 6.61 Å². The van der Waals surface area contributed by atoms with Crippen LogP contribution in [0.25, 0.3) is 0 Å². The molecule has 2 aromatic carbocycles. The van der Waals surface area contributed by atoms with Crippen LogP contribution in [0, 0.1) is 5.82 Å². The third-order valence-corrected chi connectivity index (χ3v) is 4.10. The first-order chi connectivity index (χ1) is 9.97. The monoisotopic (exact) mass is 378 g/mol. The molecule has 1 atom stereocenters. The highest BCUT2D eigenvalue weighted by Gasteiger charge is 2.15. The first-order valence-electron chi connectivity index (χ1n) is 6.09. The van der Waals surface area contributed by atoms with Gasteiger partial charge in [0.2, 0.25) is 0 Å². The molecule has 0 N–H and O–H groups in total. The van der Waals surface area contributed by atoms with Crippen LogP contribution < -0.4 is 4.74 Å². The van der Waals surface area contributed by atoms with Gasteiger partial charge in [0.05, 0.1) is 0 Å². The molecule has 6 heteroatoms. The van der Waals surface area contributed by atoms with E-state index in [1.54, 1.807) is 18.2 Å². The van der Waals surface area contributed by atoms with E-state index in [0.29, 0.717) is 22.6 Å². The van der Waals surface area contributed by atoms with Crippen LogP contribution in [0.5, 0.6) is 5.75 Å².